The van der Waals surface area contributed by atoms with Crippen LogP contribution in [-0.4, -0.2) is 24.7 Å². The van der Waals surface area contributed by atoms with Crippen molar-refractivity contribution in [2.75, 3.05) is 0 Å². The summed E-state index contributed by atoms with van der Waals surface area (Å²) in [7, 11) is 0. The van der Waals surface area contributed by atoms with Gasteiger partial charge in [0, 0.05) is 23.9 Å². The molecule has 0 saturated heterocycles. The Morgan fingerprint density at radius 2 is 1.45 bits per heavy atom. The number of hydrogen-bond donors (Lipinski definition) is 0. The van der Waals surface area contributed by atoms with E-state index in [4.69, 9.17) is 0 Å². The van der Waals surface area contributed by atoms with E-state index in [0.717, 1.165) is 34.3 Å². The SMILES string of the molecule is Cc1cccc(-c2nnc(-c3cnc(C(C)C)nc3)n2-c2ccccc2C(C)(C)C)c1. The van der Waals surface area contributed by atoms with Crippen LogP contribution in [0.4, 0.5) is 0 Å². The lowest BCUT2D eigenvalue weighted by molar-refractivity contribution is 0.586. The van der Waals surface area contributed by atoms with Gasteiger partial charge in [-0.2, -0.15) is 0 Å². The van der Waals surface area contributed by atoms with Crippen molar-refractivity contribution in [1.29, 1.82) is 0 Å². The molecule has 4 aromatic rings. The summed E-state index contributed by atoms with van der Waals surface area (Å²) in [6.07, 6.45) is 3.70. The maximum absolute atomic E-state index is 4.62. The van der Waals surface area contributed by atoms with E-state index in [2.05, 4.69) is 115 Å². The molecule has 0 fully saturated rings. The van der Waals surface area contributed by atoms with Crippen LogP contribution in [0.5, 0.6) is 0 Å². The molecule has 2 aromatic carbocycles. The summed E-state index contributed by atoms with van der Waals surface area (Å²) >= 11 is 0. The molecule has 0 aliphatic carbocycles. The Kier molecular flexibility index (Phi) is 5.44. The summed E-state index contributed by atoms with van der Waals surface area (Å²) in [6.45, 7) is 12.9. The zero-order chi connectivity index (χ0) is 22.2. The minimum atomic E-state index is -0.0417. The lowest BCUT2D eigenvalue weighted by Gasteiger charge is -2.24. The molecule has 5 nitrogen and oxygen atoms in total. The lowest BCUT2D eigenvalue weighted by atomic mass is 9.85. The van der Waals surface area contributed by atoms with Crippen molar-refractivity contribution >= 4 is 0 Å². The van der Waals surface area contributed by atoms with Crippen LogP contribution in [0.3, 0.4) is 0 Å². The van der Waals surface area contributed by atoms with E-state index in [1.807, 2.05) is 12.4 Å². The molecule has 0 atom stereocenters. The van der Waals surface area contributed by atoms with E-state index >= 15 is 0 Å². The fourth-order valence-corrected chi connectivity index (χ4v) is 3.72. The molecule has 31 heavy (non-hydrogen) atoms. The quantitative estimate of drug-likeness (QED) is 0.406. The average molecular weight is 412 g/mol. The molecule has 2 heterocycles. The van der Waals surface area contributed by atoms with Gasteiger partial charge in [0.1, 0.15) is 5.82 Å². The summed E-state index contributed by atoms with van der Waals surface area (Å²) in [5, 5.41) is 9.22. The van der Waals surface area contributed by atoms with Crippen LogP contribution in [0.15, 0.2) is 60.9 Å². The Morgan fingerprint density at radius 3 is 2.06 bits per heavy atom. The molecule has 0 N–H and O–H groups in total. The van der Waals surface area contributed by atoms with Crippen molar-refractivity contribution in [2.24, 2.45) is 0 Å². The number of rotatable bonds is 4. The van der Waals surface area contributed by atoms with Gasteiger partial charge >= 0.3 is 0 Å². The van der Waals surface area contributed by atoms with Crippen LogP contribution < -0.4 is 0 Å². The molecule has 0 amide bonds. The van der Waals surface area contributed by atoms with Gasteiger partial charge in [0.25, 0.3) is 0 Å². The maximum Gasteiger partial charge on any atom is 0.171 e. The van der Waals surface area contributed by atoms with Gasteiger partial charge in [0.15, 0.2) is 11.6 Å². The average Bonchev–Trinajstić information content (AvgIpc) is 3.18. The summed E-state index contributed by atoms with van der Waals surface area (Å²) in [4.78, 5) is 9.13. The monoisotopic (exact) mass is 411 g/mol. The van der Waals surface area contributed by atoms with Gasteiger partial charge in [0.05, 0.1) is 11.3 Å². The first-order valence-corrected chi connectivity index (χ1v) is 10.7. The van der Waals surface area contributed by atoms with Gasteiger partial charge in [-0.3, -0.25) is 4.57 Å². The van der Waals surface area contributed by atoms with E-state index in [0.29, 0.717) is 0 Å². The molecule has 0 aliphatic heterocycles. The summed E-state index contributed by atoms with van der Waals surface area (Å²) in [5.41, 5.74) is 5.31. The Balaban J connectivity index is 1.99. The Bertz CT molecular complexity index is 1200. The van der Waals surface area contributed by atoms with Gasteiger partial charge in [-0.05, 0) is 30.0 Å². The van der Waals surface area contributed by atoms with E-state index in [-0.39, 0.29) is 11.3 Å². The first-order valence-electron chi connectivity index (χ1n) is 10.7. The third-order valence-electron chi connectivity index (χ3n) is 5.34. The van der Waals surface area contributed by atoms with E-state index in [9.17, 15) is 0 Å². The van der Waals surface area contributed by atoms with Crippen LogP contribution in [0.1, 0.15) is 57.5 Å². The summed E-state index contributed by atoms with van der Waals surface area (Å²) in [5.74, 6) is 2.65. The van der Waals surface area contributed by atoms with Crippen LogP contribution in [-0.2, 0) is 5.41 Å². The van der Waals surface area contributed by atoms with Crippen molar-refractivity contribution < 1.29 is 0 Å². The number of aromatic nitrogens is 5. The standard InChI is InChI=1S/C26H29N5/c1-17(2)23-27-15-20(16-28-23)25-30-29-24(19-11-9-10-18(3)14-19)31(25)22-13-8-7-12-21(22)26(4,5)6/h7-17H,1-6H3. The molecular weight excluding hydrogens is 382 g/mol. The highest BCUT2D eigenvalue weighted by atomic mass is 15.3. The molecular formula is C26H29N5. The largest absolute Gasteiger partial charge is 0.275 e. The maximum atomic E-state index is 4.62. The number of nitrogens with zero attached hydrogens (tertiary/aromatic N) is 5. The molecule has 0 bridgehead atoms. The zero-order valence-electron chi connectivity index (χ0n) is 19.1. The summed E-state index contributed by atoms with van der Waals surface area (Å²) in [6, 6.07) is 16.8. The van der Waals surface area contributed by atoms with Crippen molar-refractivity contribution in [3.63, 3.8) is 0 Å². The first-order chi connectivity index (χ1) is 14.8. The fraction of sp³-hybridized carbons (Fsp3) is 0.308. The molecule has 5 heteroatoms. The second-order valence-corrected chi connectivity index (χ2v) is 9.30. The second kappa shape index (κ2) is 8.06. The molecule has 2 aromatic heterocycles. The van der Waals surface area contributed by atoms with Gasteiger partial charge in [-0.1, -0.05) is 76.6 Å². The lowest BCUT2D eigenvalue weighted by Crippen LogP contribution is -2.16. The summed E-state index contributed by atoms with van der Waals surface area (Å²) < 4.78 is 2.14. The fourth-order valence-electron chi connectivity index (χ4n) is 3.72. The number of hydrogen-bond acceptors (Lipinski definition) is 4. The van der Waals surface area contributed by atoms with Crippen LogP contribution >= 0.6 is 0 Å². The predicted octanol–water partition coefficient (Wildman–Crippen LogP) is 6.12. The normalized spacial score (nSPS) is 11.8. The number of aryl methyl sites for hydroxylation is 1. The minimum absolute atomic E-state index is 0.0417. The van der Waals surface area contributed by atoms with E-state index in [1.54, 1.807) is 0 Å². The zero-order valence-corrected chi connectivity index (χ0v) is 19.1. The van der Waals surface area contributed by atoms with Crippen LogP contribution in [0, 0.1) is 6.92 Å². The van der Waals surface area contributed by atoms with Gasteiger partial charge in [-0.15, -0.1) is 10.2 Å². The van der Waals surface area contributed by atoms with Crippen LogP contribution in [0.2, 0.25) is 0 Å². The van der Waals surface area contributed by atoms with Crippen molar-refractivity contribution in [2.45, 2.75) is 52.9 Å². The highest BCUT2D eigenvalue weighted by Gasteiger charge is 2.24. The van der Waals surface area contributed by atoms with Gasteiger partial charge in [-0.25, -0.2) is 9.97 Å². The van der Waals surface area contributed by atoms with Crippen molar-refractivity contribution in [1.82, 2.24) is 24.7 Å². The molecule has 0 spiro atoms. The van der Waals surface area contributed by atoms with Crippen molar-refractivity contribution in [3.05, 3.63) is 77.9 Å². The van der Waals surface area contributed by atoms with Gasteiger partial charge < -0.3 is 0 Å². The third-order valence-corrected chi connectivity index (χ3v) is 5.34. The highest BCUT2D eigenvalue weighted by molar-refractivity contribution is 5.67. The second-order valence-electron chi connectivity index (χ2n) is 9.30. The highest BCUT2D eigenvalue weighted by Crippen LogP contribution is 2.34. The van der Waals surface area contributed by atoms with Crippen LogP contribution in [0.25, 0.3) is 28.5 Å². The Hall–Kier alpha value is -3.34. The minimum Gasteiger partial charge on any atom is -0.275 e. The smallest absolute Gasteiger partial charge is 0.171 e. The predicted molar refractivity (Wildman–Crippen MR) is 125 cm³/mol. The molecule has 0 unspecified atom stereocenters. The molecule has 4 rings (SSSR count). The molecule has 0 radical (unpaired) electrons. The molecule has 158 valence electrons. The van der Waals surface area contributed by atoms with Gasteiger partial charge in [0.2, 0.25) is 0 Å². The third kappa shape index (κ3) is 4.13. The molecule has 0 saturated carbocycles. The first kappa shape index (κ1) is 20.9. The Labute approximate surface area is 184 Å². The number of benzene rings is 2. The van der Waals surface area contributed by atoms with E-state index < -0.39 is 0 Å². The number of para-hydroxylation sites is 1. The van der Waals surface area contributed by atoms with Crippen molar-refractivity contribution in [3.8, 4) is 28.5 Å². The topological polar surface area (TPSA) is 56.5 Å². The molecule has 0 aliphatic rings. The van der Waals surface area contributed by atoms with E-state index in [1.165, 1.54) is 11.1 Å². The Morgan fingerprint density at radius 1 is 0.806 bits per heavy atom.